The van der Waals surface area contributed by atoms with Crippen LogP contribution in [0.25, 0.3) is 0 Å². The summed E-state index contributed by atoms with van der Waals surface area (Å²) in [6.45, 7) is 0.785. The van der Waals surface area contributed by atoms with Crippen molar-refractivity contribution in [2.75, 3.05) is 18.1 Å². The summed E-state index contributed by atoms with van der Waals surface area (Å²) < 4.78 is 23.1. The van der Waals surface area contributed by atoms with Crippen LogP contribution in [0.4, 0.5) is 0 Å². The lowest BCUT2D eigenvalue weighted by molar-refractivity contribution is 0.461. The zero-order valence-corrected chi connectivity index (χ0v) is 14.1. The molecule has 0 spiro atoms. The zero-order valence-electron chi connectivity index (χ0n) is 11.7. The van der Waals surface area contributed by atoms with Crippen LogP contribution in [-0.4, -0.2) is 26.5 Å². The first-order valence-electron chi connectivity index (χ1n) is 7.12. The van der Waals surface area contributed by atoms with Gasteiger partial charge in [-0.3, -0.25) is 0 Å². The van der Waals surface area contributed by atoms with E-state index in [2.05, 4.69) is 40.3 Å². The molecular weight excluding hydrogens is 322 g/mol. The van der Waals surface area contributed by atoms with Crippen molar-refractivity contribution in [2.45, 2.75) is 18.9 Å². The van der Waals surface area contributed by atoms with Crippen LogP contribution in [0, 0.1) is 5.92 Å². The number of sulfone groups is 1. The van der Waals surface area contributed by atoms with E-state index in [1.807, 2.05) is 0 Å². The Balaban J connectivity index is 1.63. The van der Waals surface area contributed by atoms with Gasteiger partial charge >= 0.3 is 0 Å². The molecule has 0 aliphatic carbocycles. The van der Waals surface area contributed by atoms with Gasteiger partial charge in [0.2, 0.25) is 0 Å². The van der Waals surface area contributed by atoms with Crippen LogP contribution in [0.15, 0.2) is 35.0 Å². The lowest BCUT2D eigenvalue weighted by Gasteiger charge is -2.19. The van der Waals surface area contributed by atoms with E-state index in [0.29, 0.717) is 11.5 Å². The second kappa shape index (κ2) is 6.60. The normalized spacial score (nSPS) is 22.4. The Labute approximate surface area is 133 Å². The smallest absolute Gasteiger partial charge is 0.150 e. The Morgan fingerprint density at radius 3 is 2.67 bits per heavy atom. The van der Waals surface area contributed by atoms with Gasteiger partial charge in [-0.25, -0.2) is 8.42 Å². The van der Waals surface area contributed by atoms with Crippen LogP contribution >= 0.6 is 22.7 Å². The summed E-state index contributed by atoms with van der Waals surface area (Å²) in [7, 11) is -2.78. The van der Waals surface area contributed by atoms with E-state index in [-0.39, 0.29) is 12.0 Å². The third kappa shape index (κ3) is 4.16. The molecule has 2 aromatic rings. The van der Waals surface area contributed by atoms with Gasteiger partial charge in [0.05, 0.1) is 11.5 Å². The maximum absolute atomic E-state index is 11.5. The highest BCUT2D eigenvalue weighted by molar-refractivity contribution is 7.91. The molecule has 2 atom stereocenters. The minimum atomic E-state index is -2.78. The molecule has 1 aliphatic heterocycles. The number of thiophene rings is 2. The first-order chi connectivity index (χ1) is 10.1. The van der Waals surface area contributed by atoms with Crippen molar-refractivity contribution >= 4 is 32.5 Å². The van der Waals surface area contributed by atoms with Crippen LogP contribution in [0.3, 0.4) is 0 Å². The summed E-state index contributed by atoms with van der Waals surface area (Å²) in [5, 5.41) is 7.79. The van der Waals surface area contributed by atoms with Crippen LogP contribution in [0.5, 0.6) is 0 Å². The molecule has 3 rings (SSSR count). The molecule has 2 unspecified atom stereocenters. The first-order valence-corrected chi connectivity index (χ1v) is 10.7. The Hall–Kier alpha value is -0.690. The summed E-state index contributed by atoms with van der Waals surface area (Å²) in [4.78, 5) is 2.68. The average molecular weight is 342 g/mol. The molecule has 1 saturated heterocycles. The molecule has 0 amide bonds. The van der Waals surface area contributed by atoms with Crippen molar-refractivity contribution in [2.24, 2.45) is 5.92 Å². The monoisotopic (exact) mass is 341 g/mol. The van der Waals surface area contributed by atoms with E-state index >= 15 is 0 Å². The van der Waals surface area contributed by atoms with Gasteiger partial charge < -0.3 is 5.32 Å². The largest absolute Gasteiger partial charge is 0.309 e. The minimum absolute atomic E-state index is 0.265. The third-order valence-corrected chi connectivity index (χ3v) is 7.57. The number of hydrogen-bond donors (Lipinski definition) is 1. The molecule has 21 heavy (non-hydrogen) atoms. The molecule has 3 heterocycles. The van der Waals surface area contributed by atoms with E-state index in [4.69, 9.17) is 0 Å². The molecular formula is C15H19NO2S3. The second-order valence-electron chi connectivity index (χ2n) is 5.53. The van der Waals surface area contributed by atoms with Gasteiger partial charge in [0.15, 0.2) is 9.84 Å². The van der Waals surface area contributed by atoms with E-state index in [0.717, 1.165) is 19.4 Å². The van der Waals surface area contributed by atoms with Crippen molar-refractivity contribution < 1.29 is 8.42 Å². The topological polar surface area (TPSA) is 46.2 Å². The van der Waals surface area contributed by atoms with Gasteiger partial charge in [0, 0.05) is 22.2 Å². The molecule has 0 saturated carbocycles. The summed E-state index contributed by atoms with van der Waals surface area (Å²) in [6, 6.07) is 8.75. The Kier molecular flexibility index (Phi) is 4.78. The number of hydrogen-bond acceptors (Lipinski definition) is 5. The molecule has 114 valence electrons. The minimum Gasteiger partial charge on any atom is -0.309 e. The standard InChI is InChI=1S/C15H19NO2S3/c17-21(18)8-5-12(11-21)10-16-14(15-4-2-7-20-15)9-13-3-1-6-19-13/h1-4,6-7,12,14,16H,5,8-11H2. The Morgan fingerprint density at radius 1 is 1.24 bits per heavy atom. The van der Waals surface area contributed by atoms with Gasteiger partial charge in [-0.2, -0.15) is 0 Å². The molecule has 0 aromatic carbocycles. The van der Waals surface area contributed by atoms with Gasteiger partial charge in [-0.15, -0.1) is 22.7 Å². The lowest BCUT2D eigenvalue weighted by atomic mass is 10.1. The Morgan fingerprint density at radius 2 is 2.05 bits per heavy atom. The van der Waals surface area contributed by atoms with Crippen molar-refractivity contribution in [3.05, 3.63) is 44.8 Å². The molecule has 1 N–H and O–H groups in total. The lowest BCUT2D eigenvalue weighted by Crippen LogP contribution is -2.28. The molecule has 3 nitrogen and oxygen atoms in total. The third-order valence-electron chi connectivity index (χ3n) is 3.85. The number of nitrogens with one attached hydrogen (secondary N) is 1. The van der Waals surface area contributed by atoms with Crippen LogP contribution in [0.2, 0.25) is 0 Å². The van der Waals surface area contributed by atoms with E-state index < -0.39 is 9.84 Å². The quantitative estimate of drug-likeness (QED) is 0.878. The molecule has 0 radical (unpaired) electrons. The fourth-order valence-corrected chi connectivity index (χ4v) is 6.15. The SMILES string of the molecule is O=S1(=O)CCC(CNC(Cc2cccs2)c2cccs2)C1. The average Bonchev–Trinajstić information content (AvgIpc) is 3.16. The summed E-state index contributed by atoms with van der Waals surface area (Å²) >= 11 is 3.53. The molecule has 1 aliphatic rings. The van der Waals surface area contributed by atoms with Gasteiger partial charge in [-0.1, -0.05) is 12.1 Å². The fourth-order valence-electron chi connectivity index (χ4n) is 2.73. The predicted octanol–water partition coefficient (Wildman–Crippen LogP) is 3.12. The van der Waals surface area contributed by atoms with Crippen molar-refractivity contribution in [3.8, 4) is 0 Å². The van der Waals surface area contributed by atoms with Gasteiger partial charge in [-0.05, 0) is 41.8 Å². The van der Waals surface area contributed by atoms with Crippen LogP contribution in [-0.2, 0) is 16.3 Å². The second-order valence-corrected chi connectivity index (χ2v) is 9.77. The highest BCUT2D eigenvalue weighted by atomic mass is 32.2. The van der Waals surface area contributed by atoms with Crippen molar-refractivity contribution in [3.63, 3.8) is 0 Å². The van der Waals surface area contributed by atoms with Crippen molar-refractivity contribution in [1.82, 2.24) is 5.32 Å². The maximum atomic E-state index is 11.5. The van der Waals surface area contributed by atoms with E-state index in [9.17, 15) is 8.42 Å². The van der Waals surface area contributed by atoms with Crippen LogP contribution in [0.1, 0.15) is 22.2 Å². The summed E-state index contributed by atoms with van der Waals surface area (Å²) in [6.07, 6.45) is 1.77. The molecule has 1 fully saturated rings. The van der Waals surface area contributed by atoms with Gasteiger partial charge in [0.1, 0.15) is 0 Å². The highest BCUT2D eigenvalue weighted by Gasteiger charge is 2.28. The van der Waals surface area contributed by atoms with Crippen molar-refractivity contribution in [1.29, 1.82) is 0 Å². The molecule has 6 heteroatoms. The summed E-state index contributed by atoms with van der Waals surface area (Å²) in [5.41, 5.74) is 0. The highest BCUT2D eigenvalue weighted by Crippen LogP contribution is 2.26. The van der Waals surface area contributed by atoms with E-state index in [1.165, 1.54) is 9.75 Å². The number of rotatable bonds is 6. The predicted molar refractivity (Wildman–Crippen MR) is 89.8 cm³/mol. The molecule has 0 bridgehead atoms. The van der Waals surface area contributed by atoms with E-state index in [1.54, 1.807) is 22.7 Å². The Bertz CT molecular complexity index is 647. The summed E-state index contributed by atoms with van der Waals surface area (Å²) in [5.74, 6) is 0.963. The zero-order chi connectivity index (χ0) is 14.7. The fraction of sp³-hybridized carbons (Fsp3) is 0.467. The first kappa shape index (κ1) is 15.2. The van der Waals surface area contributed by atoms with Crippen LogP contribution < -0.4 is 5.32 Å². The molecule has 2 aromatic heterocycles. The van der Waals surface area contributed by atoms with Gasteiger partial charge in [0.25, 0.3) is 0 Å². The maximum Gasteiger partial charge on any atom is 0.150 e.